The lowest BCUT2D eigenvalue weighted by molar-refractivity contribution is 0.0926. The molecular weight excluding hydrogens is 246 g/mol. The first kappa shape index (κ1) is 13.5. The second-order valence-electron chi connectivity index (χ2n) is 4.71. The van der Waals surface area contributed by atoms with Gasteiger partial charge in [0.2, 0.25) is 5.75 Å². The van der Waals surface area contributed by atoms with Gasteiger partial charge in [0.15, 0.2) is 17.3 Å². The molecule has 1 N–H and O–H groups in total. The maximum absolute atomic E-state index is 12.5. The van der Waals surface area contributed by atoms with Gasteiger partial charge in [0.05, 0.1) is 38.1 Å². The number of carbonyl (C=O) groups excluding carboxylic acids is 1. The molecule has 0 fully saturated rings. The molecule has 1 atom stereocenters. The van der Waals surface area contributed by atoms with Crippen LogP contribution in [0.2, 0.25) is 0 Å². The fourth-order valence-corrected chi connectivity index (χ4v) is 2.34. The fraction of sp³-hybridized carbons (Fsp3) is 0.500. The van der Waals surface area contributed by atoms with Gasteiger partial charge in [0, 0.05) is 0 Å². The van der Waals surface area contributed by atoms with Gasteiger partial charge in [-0.2, -0.15) is 0 Å². The molecule has 1 aromatic carbocycles. The average molecular weight is 265 g/mol. The van der Waals surface area contributed by atoms with E-state index in [1.807, 2.05) is 13.8 Å². The summed E-state index contributed by atoms with van der Waals surface area (Å²) in [5.41, 5.74) is 0.654. The smallest absolute Gasteiger partial charge is 0.205 e. The first-order chi connectivity index (χ1) is 9.02. The number of fused-ring (bicyclic) bond motifs is 1. The summed E-state index contributed by atoms with van der Waals surface area (Å²) in [4.78, 5) is 12.5. The van der Waals surface area contributed by atoms with Crippen molar-refractivity contribution >= 4 is 11.5 Å². The Morgan fingerprint density at radius 2 is 1.79 bits per heavy atom. The quantitative estimate of drug-likeness (QED) is 0.906. The third-order valence-corrected chi connectivity index (χ3v) is 3.68. The van der Waals surface area contributed by atoms with Gasteiger partial charge >= 0.3 is 0 Å². The largest absolute Gasteiger partial charge is 0.493 e. The van der Waals surface area contributed by atoms with Gasteiger partial charge in [-0.1, -0.05) is 6.92 Å². The van der Waals surface area contributed by atoms with Crippen LogP contribution < -0.4 is 19.5 Å². The predicted molar refractivity (Wildman–Crippen MR) is 72.7 cm³/mol. The van der Waals surface area contributed by atoms with Gasteiger partial charge in [-0.15, -0.1) is 0 Å². The van der Waals surface area contributed by atoms with Crippen LogP contribution in [0.25, 0.3) is 0 Å². The van der Waals surface area contributed by atoms with Crippen molar-refractivity contribution in [2.45, 2.75) is 25.8 Å². The summed E-state index contributed by atoms with van der Waals surface area (Å²) in [5.74, 6) is 1.53. The lowest BCUT2D eigenvalue weighted by Crippen LogP contribution is -2.37. The molecule has 1 aliphatic heterocycles. The molecule has 1 aliphatic rings. The molecule has 0 amide bonds. The number of ether oxygens (including phenoxy) is 3. The molecule has 5 heteroatoms. The van der Waals surface area contributed by atoms with E-state index in [4.69, 9.17) is 14.2 Å². The van der Waals surface area contributed by atoms with Crippen molar-refractivity contribution in [1.29, 1.82) is 0 Å². The van der Waals surface area contributed by atoms with Crippen LogP contribution in [-0.4, -0.2) is 32.7 Å². The monoisotopic (exact) mass is 265 g/mol. The Labute approximate surface area is 112 Å². The van der Waals surface area contributed by atoms with Gasteiger partial charge < -0.3 is 19.5 Å². The van der Waals surface area contributed by atoms with Crippen molar-refractivity contribution in [3.05, 3.63) is 11.6 Å². The van der Waals surface area contributed by atoms with E-state index in [1.165, 1.54) is 7.11 Å². The van der Waals surface area contributed by atoms with Crippen molar-refractivity contribution in [3.8, 4) is 17.2 Å². The van der Waals surface area contributed by atoms with Gasteiger partial charge in [-0.05, 0) is 19.4 Å². The van der Waals surface area contributed by atoms with Crippen molar-refractivity contribution in [2.75, 3.05) is 26.6 Å². The highest BCUT2D eigenvalue weighted by atomic mass is 16.5. The minimum absolute atomic E-state index is 0.0456. The fourth-order valence-electron chi connectivity index (χ4n) is 2.34. The molecule has 1 unspecified atom stereocenters. The van der Waals surface area contributed by atoms with Crippen LogP contribution in [0.3, 0.4) is 0 Å². The number of methoxy groups -OCH3 is 3. The number of ketones is 1. The summed E-state index contributed by atoms with van der Waals surface area (Å²) < 4.78 is 16.0. The number of rotatable bonds is 4. The third kappa shape index (κ3) is 1.80. The van der Waals surface area contributed by atoms with E-state index in [0.29, 0.717) is 34.9 Å². The molecule has 0 spiro atoms. The van der Waals surface area contributed by atoms with Crippen LogP contribution in [0, 0.1) is 0 Å². The molecule has 0 aliphatic carbocycles. The van der Waals surface area contributed by atoms with Gasteiger partial charge in [0.25, 0.3) is 0 Å². The zero-order chi connectivity index (χ0) is 14.2. The summed E-state index contributed by atoms with van der Waals surface area (Å²) in [6, 6.07) is 1.70. The summed E-state index contributed by atoms with van der Waals surface area (Å²) in [6.07, 6.45) is 0.689. The van der Waals surface area contributed by atoms with E-state index >= 15 is 0 Å². The molecule has 0 aromatic heterocycles. The molecule has 1 aromatic rings. The minimum Gasteiger partial charge on any atom is -0.493 e. The van der Waals surface area contributed by atoms with Crippen LogP contribution in [0.5, 0.6) is 17.2 Å². The Bertz CT molecular complexity index is 527. The van der Waals surface area contributed by atoms with E-state index < -0.39 is 5.54 Å². The van der Waals surface area contributed by atoms with Crippen molar-refractivity contribution in [1.82, 2.24) is 0 Å². The zero-order valence-electron chi connectivity index (χ0n) is 11.9. The Kier molecular flexibility index (Phi) is 3.30. The molecule has 0 radical (unpaired) electrons. The normalized spacial score (nSPS) is 20.8. The maximum atomic E-state index is 12.5. The molecule has 104 valence electrons. The number of Topliss-reactive ketones (excluding diaryl/α,β-unsaturated/α-hetero) is 1. The number of benzene rings is 1. The summed E-state index contributed by atoms with van der Waals surface area (Å²) in [6.45, 7) is 3.85. The van der Waals surface area contributed by atoms with Gasteiger partial charge in [0.1, 0.15) is 0 Å². The molecule has 19 heavy (non-hydrogen) atoms. The molecule has 1 heterocycles. The van der Waals surface area contributed by atoms with Crippen LogP contribution in [-0.2, 0) is 0 Å². The lowest BCUT2D eigenvalue weighted by atomic mass is 9.93. The highest BCUT2D eigenvalue weighted by Crippen LogP contribution is 2.50. The topological polar surface area (TPSA) is 56.8 Å². The molecule has 0 saturated heterocycles. The van der Waals surface area contributed by atoms with Crippen molar-refractivity contribution in [2.24, 2.45) is 0 Å². The molecular formula is C14H19NO4. The van der Waals surface area contributed by atoms with E-state index in [0.717, 1.165) is 0 Å². The average Bonchev–Trinajstić information content (AvgIpc) is 2.69. The Hall–Kier alpha value is -1.91. The summed E-state index contributed by atoms with van der Waals surface area (Å²) in [7, 11) is 4.63. The van der Waals surface area contributed by atoms with Crippen LogP contribution >= 0.6 is 0 Å². The SMILES string of the molecule is CCC1(C)Nc2c(cc(OC)c(OC)c2OC)C1=O. The highest BCUT2D eigenvalue weighted by Gasteiger charge is 2.43. The van der Waals surface area contributed by atoms with Crippen molar-refractivity contribution < 1.29 is 19.0 Å². The minimum atomic E-state index is -0.604. The number of hydrogen-bond donors (Lipinski definition) is 1. The molecule has 5 nitrogen and oxygen atoms in total. The molecule has 0 saturated carbocycles. The van der Waals surface area contributed by atoms with Gasteiger partial charge in [-0.3, -0.25) is 4.79 Å². The Morgan fingerprint density at radius 1 is 1.16 bits per heavy atom. The second kappa shape index (κ2) is 4.64. The van der Waals surface area contributed by atoms with E-state index in [1.54, 1.807) is 20.3 Å². The van der Waals surface area contributed by atoms with Crippen molar-refractivity contribution in [3.63, 3.8) is 0 Å². The number of nitrogens with one attached hydrogen (secondary N) is 1. The molecule has 2 rings (SSSR count). The number of anilines is 1. The maximum Gasteiger partial charge on any atom is 0.205 e. The Morgan fingerprint density at radius 3 is 2.26 bits per heavy atom. The number of hydrogen-bond acceptors (Lipinski definition) is 5. The van der Waals surface area contributed by atoms with Crippen LogP contribution in [0.15, 0.2) is 6.07 Å². The standard InChI is InChI=1S/C14H19NO4/c1-6-14(2)13(16)8-7-9(17-3)11(18-4)12(19-5)10(8)15-14/h7,15H,6H2,1-5H3. The molecule has 0 bridgehead atoms. The first-order valence-electron chi connectivity index (χ1n) is 6.18. The second-order valence-corrected chi connectivity index (χ2v) is 4.71. The summed E-state index contributed by atoms with van der Waals surface area (Å²) in [5, 5.41) is 3.25. The van der Waals surface area contributed by atoms with Crippen LogP contribution in [0.4, 0.5) is 5.69 Å². The number of carbonyl (C=O) groups is 1. The van der Waals surface area contributed by atoms with E-state index in [2.05, 4.69) is 5.32 Å². The predicted octanol–water partition coefficient (Wildman–Crippen LogP) is 2.49. The lowest BCUT2D eigenvalue weighted by Gasteiger charge is -2.21. The van der Waals surface area contributed by atoms with E-state index in [9.17, 15) is 4.79 Å². The third-order valence-electron chi connectivity index (χ3n) is 3.68. The van der Waals surface area contributed by atoms with Gasteiger partial charge in [-0.25, -0.2) is 0 Å². The summed E-state index contributed by atoms with van der Waals surface area (Å²) >= 11 is 0. The van der Waals surface area contributed by atoms with Crippen LogP contribution in [0.1, 0.15) is 30.6 Å². The zero-order valence-corrected chi connectivity index (χ0v) is 11.9. The first-order valence-corrected chi connectivity index (χ1v) is 6.18. The van der Waals surface area contributed by atoms with E-state index in [-0.39, 0.29) is 5.78 Å². The highest BCUT2D eigenvalue weighted by molar-refractivity contribution is 6.15. The Balaban J connectivity index is 2.68.